The maximum Gasteiger partial charge on any atom is 0.407 e. The summed E-state index contributed by atoms with van der Waals surface area (Å²) in [7, 11) is 1.66. The number of methoxy groups -OCH3 is 1. The molecule has 1 aliphatic rings. The van der Waals surface area contributed by atoms with Gasteiger partial charge in [0.1, 0.15) is 5.60 Å². The van der Waals surface area contributed by atoms with Crippen LogP contribution < -0.4 is 5.32 Å². The van der Waals surface area contributed by atoms with Crippen molar-refractivity contribution in [3.8, 4) is 0 Å². The first-order chi connectivity index (χ1) is 9.35. The molecule has 7 nitrogen and oxygen atoms in total. The second-order valence-corrected chi connectivity index (χ2v) is 6.16. The van der Waals surface area contributed by atoms with E-state index in [2.05, 4.69) is 15.3 Å². The van der Waals surface area contributed by atoms with Gasteiger partial charge in [-0.1, -0.05) is 5.11 Å². The highest BCUT2D eigenvalue weighted by Gasteiger charge is 2.32. The minimum atomic E-state index is -0.543. The minimum Gasteiger partial charge on any atom is -0.444 e. The molecule has 1 fully saturated rings. The van der Waals surface area contributed by atoms with Crippen LogP contribution in [0.3, 0.4) is 0 Å². The van der Waals surface area contributed by atoms with Gasteiger partial charge in [0, 0.05) is 24.7 Å². The van der Waals surface area contributed by atoms with Crippen molar-refractivity contribution >= 4 is 6.09 Å². The molecule has 0 radical (unpaired) electrons. The Morgan fingerprint density at radius 1 is 1.45 bits per heavy atom. The maximum atomic E-state index is 11.8. The Morgan fingerprint density at radius 2 is 2.15 bits per heavy atom. The van der Waals surface area contributed by atoms with Crippen LogP contribution in [0.2, 0.25) is 0 Å². The molecule has 7 heteroatoms. The average Bonchev–Trinajstić information content (AvgIpc) is 2.30. The van der Waals surface area contributed by atoms with Gasteiger partial charge in [-0.05, 0) is 51.5 Å². The van der Waals surface area contributed by atoms with Crippen LogP contribution in [-0.4, -0.2) is 37.5 Å². The van der Waals surface area contributed by atoms with Crippen molar-refractivity contribution in [2.45, 2.75) is 57.7 Å². The number of hydrogen-bond acceptors (Lipinski definition) is 4. The van der Waals surface area contributed by atoms with Crippen LogP contribution in [0.25, 0.3) is 10.4 Å². The lowest BCUT2D eigenvalue weighted by Crippen LogP contribution is -2.48. The lowest BCUT2D eigenvalue weighted by atomic mass is 9.83. The van der Waals surface area contributed by atoms with Crippen LogP contribution in [0.5, 0.6) is 0 Å². The van der Waals surface area contributed by atoms with Crippen molar-refractivity contribution in [1.82, 2.24) is 5.32 Å². The first-order valence-corrected chi connectivity index (χ1v) is 6.88. The third-order valence-corrected chi connectivity index (χ3v) is 3.23. The summed E-state index contributed by atoms with van der Waals surface area (Å²) < 4.78 is 10.4. The number of carbonyl (C=O) groups is 1. The van der Waals surface area contributed by atoms with Crippen molar-refractivity contribution in [2.24, 2.45) is 11.0 Å². The fraction of sp³-hybridized carbons (Fsp3) is 0.923. The highest BCUT2D eigenvalue weighted by molar-refractivity contribution is 5.68. The SMILES string of the molecule is COCC1CC[C@@H](N=[N+]=[N-])[C@@H](NC(=O)OC(C)(C)C)C1. The van der Waals surface area contributed by atoms with Gasteiger partial charge in [0.05, 0.1) is 6.04 Å². The maximum absolute atomic E-state index is 11.8. The second kappa shape index (κ2) is 7.36. The van der Waals surface area contributed by atoms with E-state index in [-0.39, 0.29) is 12.1 Å². The Hall–Kier alpha value is -1.46. The van der Waals surface area contributed by atoms with Gasteiger partial charge in [-0.15, -0.1) is 0 Å². The van der Waals surface area contributed by atoms with E-state index in [0.29, 0.717) is 12.5 Å². The molecule has 0 heterocycles. The summed E-state index contributed by atoms with van der Waals surface area (Å²) in [5.41, 5.74) is 8.07. The zero-order valence-corrected chi connectivity index (χ0v) is 12.6. The van der Waals surface area contributed by atoms with Crippen LogP contribution >= 0.6 is 0 Å². The number of rotatable bonds is 4. The average molecular weight is 284 g/mol. The predicted molar refractivity (Wildman–Crippen MR) is 75.3 cm³/mol. The van der Waals surface area contributed by atoms with Gasteiger partial charge in [0.2, 0.25) is 0 Å². The molecule has 1 unspecified atom stereocenters. The molecule has 1 amide bonds. The quantitative estimate of drug-likeness (QED) is 0.488. The largest absolute Gasteiger partial charge is 0.444 e. The van der Waals surface area contributed by atoms with Crippen molar-refractivity contribution in [2.75, 3.05) is 13.7 Å². The van der Waals surface area contributed by atoms with E-state index in [1.165, 1.54) is 0 Å². The van der Waals surface area contributed by atoms with E-state index in [1.54, 1.807) is 7.11 Å². The molecular weight excluding hydrogens is 260 g/mol. The van der Waals surface area contributed by atoms with Crippen molar-refractivity contribution in [3.63, 3.8) is 0 Å². The summed E-state index contributed by atoms with van der Waals surface area (Å²) in [4.78, 5) is 14.7. The Labute approximate surface area is 119 Å². The van der Waals surface area contributed by atoms with Gasteiger partial charge >= 0.3 is 6.09 Å². The summed E-state index contributed by atoms with van der Waals surface area (Å²) in [5, 5.41) is 6.60. The van der Waals surface area contributed by atoms with E-state index in [9.17, 15) is 4.79 Å². The Bertz CT molecular complexity index is 374. The molecule has 0 aliphatic heterocycles. The number of hydrogen-bond donors (Lipinski definition) is 1. The lowest BCUT2D eigenvalue weighted by molar-refractivity contribution is 0.0454. The van der Waals surface area contributed by atoms with Gasteiger partial charge in [0.25, 0.3) is 0 Å². The van der Waals surface area contributed by atoms with Gasteiger partial charge in [-0.2, -0.15) is 0 Å². The summed E-state index contributed by atoms with van der Waals surface area (Å²) >= 11 is 0. The monoisotopic (exact) mass is 284 g/mol. The summed E-state index contributed by atoms with van der Waals surface area (Å²) in [6, 6.07) is -0.421. The third kappa shape index (κ3) is 5.67. The third-order valence-electron chi connectivity index (χ3n) is 3.23. The zero-order chi connectivity index (χ0) is 15.2. The molecule has 0 bridgehead atoms. The number of amides is 1. The Morgan fingerprint density at radius 3 is 2.70 bits per heavy atom. The number of alkyl carbamates (subject to hydrolysis) is 1. The minimum absolute atomic E-state index is 0.199. The number of nitrogens with zero attached hydrogens (tertiary/aromatic N) is 3. The van der Waals surface area contributed by atoms with E-state index in [4.69, 9.17) is 15.0 Å². The molecule has 3 atom stereocenters. The molecular formula is C13H24N4O3. The van der Waals surface area contributed by atoms with Gasteiger partial charge in [0.15, 0.2) is 0 Å². The first kappa shape index (κ1) is 16.6. The molecule has 114 valence electrons. The molecule has 0 aromatic rings. The van der Waals surface area contributed by atoms with E-state index < -0.39 is 11.7 Å². The molecule has 1 rings (SSSR count). The number of nitrogens with one attached hydrogen (secondary N) is 1. The molecule has 0 aromatic heterocycles. The van der Waals surface area contributed by atoms with E-state index in [0.717, 1.165) is 19.3 Å². The smallest absolute Gasteiger partial charge is 0.407 e. The lowest BCUT2D eigenvalue weighted by Gasteiger charge is -2.34. The highest BCUT2D eigenvalue weighted by atomic mass is 16.6. The van der Waals surface area contributed by atoms with Crippen molar-refractivity contribution < 1.29 is 14.3 Å². The zero-order valence-electron chi connectivity index (χ0n) is 12.6. The first-order valence-electron chi connectivity index (χ1n) is 6.88. The van der Waals surface area contributed by atoms with Crippen LogP contribution in [-0.2, 0) is 9.47 Å². The number of ether oxygens (including phenoxy) is 2. The second-order valence-electron chi connectivity index (χ2n) is 6.16. The van der Waals surface area contributed by atoms with E-state index in [1.807, 2.05) is 20.8 Å². The van der Waals surface area contributed by atoms with Crippen molar-refractivity contribution in [1.29, 1.82) is 0 Å². The highest BCUT2D eigenvalue weighted by Crippen LogP contribution is 2.27. The fourth-order valence-corrected chi connectivity index (χ4v) is 2.45. The molecule has 0 spiro atoms. The molecule has 20 heavy (non-hydrogen) atoms. The van der Waals surface area contributed by atoms with Crippen LogP contribution in [0.15, 0.2) is 5.11 Å². The Balaban J connectivity index is 2.64. The molecule has 1 saturated carbocycles. The normalized spacial score (nSPS) is 26.5. The van der Waals surface area contributed by atoms with Gasteiger partial charge < -0.3 is 14.8 Å². The Kier molecular flexibility index (Phi) is 6.10. The van der Waals surface area contributed by atoms with Gasteiger partial charge in [-0.25, -0.2) is 4.79 Å². The number of azide groups is 1. The van der Waals surface area contributed by atoms with Crippen LogP contribution in [0.1, 0.15) is 40.0 Å². The van der Waals surface area contributed by atoms with Gasteiger partial charge in [-0.3, -0.25) is 0 Å². The number of carbonyl (C=O) groups excluding carboxylic acids is 1. The van der Waals surface area contributed by atoms with E-state index >= 15 is 0 Å². The fourth-order valence-electron chi connectivity index (χ4n) is 2.45. The van der Waals surface area contributed by atoms with Crippen LogP contribution in [0, 0.1) is 5.92 Å². The standard InChI is InChI=1S/C13H24N4O3/c1-13(2,3)20-12(18)15-11-7-9(8-19-4)5-6-10(11)16-17-14/h9-11H,5-8H2,1-4H3,(H,15,18)/t9?,10-,11+/m1/s1. The topological polar surface area (TPSA) is 96.3 Å². The molecule has 1 aliphatic carbocycles. The molecule has 1 N–H and O–H groups in total. The predicted octanol–water partition coefficient (Wildman–Crippen LogP) is 3.01. The van der Waals surface area contributed by atoms with Crippen LogP contribution in [0.4, 0.5) is 4.79 Å². The summed E-state index contributed by atoms with van der Waals surface area (Å²) in [5.74, 6) is 0.366. The molecule has 0 saturated heterocycles. The molecule has 0 aromatic carbocycles. The van der Waals surface area contributed by atoms with Crippen molar-refractivity contribution in [3.05, 3.63) is 10.4 Å². The summed E-state index contributed by atoms with van der Waals surface area (Å²) in [6.07, 6.45) is 1.94. The summed E-state index contributed by atoms with van der Waals surface area (Å²) in [6.45, 7) is 6.08.